The Kier molecular flexibility index (Phi) is 3.73. The van der Waals surface area contributed by atoms with Crippen LogP contribution in [0.3, 0.4) is 0 Å². The number of carboxylic acid groups (broad SMARTS) is 1. The molecule has 3 atom stereocenters. The van der Waals surface area contributed by atoms with E-state index in [4.69, 9.17) is 14.6 Å². The summed E-state index contributed by atoms with van der Waals surface area (Å²) in [6, 6.07) is 0. The van der Waals surface area contributed by atoms with E-state index in [1.165, 1.54) is 0 Å². The van der Waals surface area contributed by atoms with Crippen LogP contribution in [0.25, 0.3) is 0 Å². The van der Waals surface area contributed by atoms with Crippen molar-refractivity contribution in [2.45, 2.75) is 44.3 Å². The first-order valence-corrected chi connectivity index (χ1v) is 6.43. The highest BCUT2D eigenvalue weighted by atomic mass is 16.7. The monoisotopic (exact) mass is 242 g/mol. The average molecular weight is 242 g/mol. The third-order valence-electron chi connectivity index (χ3n) is 4.70. The van der Waals surface area contributed by atoms with Crippen LogP contribution in [0.5, 0.6) is 0 Å². The van der Waals surface area contributed by atoms with Crippen molar-refractivity contribution in [1.82, 2.24) is 0 Å². The summed E-state index contributed by atoms with van der Waals surface area (Å²) >= 11 is 0. The lowest BCUT2D eigenvalue weighted by molar-refractivity contribution is -0.241. The molecule has 98 valence electrons. The Hall–Kier alpha value is -0.610. The molecule has 4 heteroatoms. The second kappa shape index (κ2) is 4.94. The van der Waals surface area contributed by atoms with Crippen LogP contribution in [0.1, 0.15) is 38.5 Å². The molecule has 0 radical (unpaired) electrons. The zero-order valence-corrected chi connectivity index (χ0v) is 10.6. The van der Waals surface area contributed by atoms with E-state index in [0.717, 1.165) is 38.5 Å². The molecule has 2 fully saturated rings. The van der Waals surface area contributed by atoms with Crippen molar-refractivity contribution in [1.29, 1.82) is 0 Å². The Labute approximate surface area is 102 Å². The standard InChI is InChI=1S/C13H22O4/c1-16-13(17-2)6-5-9-3-4-10(12(14)15)7-11(9)8-13/h9-11H,3-8H2,1-2H3,(H,14,15). The fourth-order valence-corrected chi connectivity index (χ4v) is 3.54. The number of carbonyl (C=O) groups is 1. The van der Waals surface area contributed by atoms with Gasteiger partial charge in [0.1, 0.15) is 0 Å². The van der Waals surface area contributed by atoms with Gasteiger partial charge >= 0.3 is 5.97 Å². The highest BCUT2D eigenvalue weighted by Gasteiger charge is 2.44. The molecule has 0 spiro atoms. The first-order valence-electron chi connectivity index (χ1n) is 6.43. The lowest BCUT2D eigenvalue weighted by atomic mass is 9.66. The molecular formula is C13H22O4. The fourth-order valence-electron chi connectivity index (χ4n) is 3.54. The molecule has 2 aliphatic rings. The van der Waals surface area contributed by atoms with Crippen LogP contribution in [0.4, 0.5) is 0 Å². The van der Waals surface area contributed by atoms with Gasteiger partial charge < -0.3 is 14.6 Å². The van der Waals surface area contributed by atoms with Gasteiger partial charge in [0.15, 0.2) is 5.79 Å². The first kappa shape index (κ1) is 12.8. The maximum Gasteiger partial charge on any atom is 0.306 e. The van der Waals surface area contributed by atoms with Crippen LogP contribution < -0.4 is 0 Å². The minimum Gasteiger partial charge on any atom is -0.481 e. The predicted octanol–water partition coefficient (Wildman–Crippen LogP) is 2.28. The molecule has 17 heavy (non-hydrogen) atoms. The molecule has 2 rings (SSSR count). The maximum atomic E-state index is 11.1. The molecule has 1 N–H and O–H groups in total. The number of hydrogen-bond acceptors (Lipinski definition) is 3. The van der Waals surface area contributed by atoms with E-state index in [-0.39, 0.29) is 5.92 Å². The van der Waals surface area contributed by atoms with Gasteiger partial charge in [0.2, 0.25) is 0 Å². The molecule has 0 aromatic rings. The number of carboxylic acids is 1. The van der Waals surface area contributed by atoms with Gasteiger partial charge in [0.25, 0.3) is 0 Å². The second-order valence-electron chi connectivity index (χ2n) is 5.43. The summed E-state index contributed by atoms with van der Waals surface area (Å²) in [7, 11) is 3.36. The molecule has 0 aromatic carbocycles. The third-order valence-corrected chi connectivity index (χ3v) is 4.70. The zero-order chi connectivity index (χ0) is 12.5. The zero-order valence-electron chi connectivity index (χ0n) is 10.6. The van der Waals surface area contributed by atoms with Crippen molar-refractivity contribution in [3.05, 3.63) is 0 Å². The van der Waals surface area contributed by atoms with Crippen molar-refractivity contribution in [2.24, 2.45) is 17.8 Å². The summed E-state index contributed by atoms with van der Waals surface area (Å²) in [6.07, 6.45) is 5.54. The smallest absolute Gasteiger partial charge is 0.306 e. The maximum absolute atomic E-state index is 11.1. The lowest BCUT2D eigenvalue weighted by Crippen LogP contribution is -2.45. The van der Waals surface area contributed by atoms with Gasteiger partial charge in [-0.1, -0.05) is 0 Å². The number of hydrogen-bond donors (Lipinski definition) is 1. The van der Waals surface area contributed by atoms with Crippen LogP contribution in [0, 0.1) is 17.8 Å². The Balaban J connectivity index is 2.03. The molecule has 2 aliphatic carbocycles. The van der Waals surface area contributed by atoms with Crippen molar-refractivity contribution in [2.75, 3.05) is 14.2 Å². The summed E-state index contributed by atoms with van der Waals surface area (Å²) in [5.41, 5.74) is 0. The van der Waals surface area contributed by atoms with Crippen molar-refractivity contribution < 1.29 is 19.4 Å². The van der Waals surface area contributed by atoms with E-state index in [9.17, 15) is 4.79 Å². The molecule has 2 saturated carbocycles. The highest BCUT2D eigenvalue weighted by molar-refractivity contribution is 5.70. The number of aliphatic carboxylic acids is 1. The van der Waals surface area contributed by atoms with Crippen LogP contribution >= 0.6 is 0 Å². The van der Waals surface area contributed by atoms with E-state index in [1.807, 2.05) is 0 Å². The molecule has 4 nitrogen and oxygen atoms in total. The summed E-state index contributed by atoms with van der Waals surface area (Å²) in [4.78, 5) is 11.1. The van der Waals surface area contributed by atoms with E-state index >= 15 is 0 Å². The van der Waals surface area contributed by atoms with Gasteiger partial charge in [-0.15, -0.1) is 0 Å². The van der Waals surface area contributed by atoms with E-state index in [0.29, 0.717) is 11.8 Å². The van der Waals surface area contributed by atoms with E-state index < -0.39 is 11.8 Å². The van der Waals surface area contributed by atoms with Crippen molar-refractivity contribution in [3.8, 4) is 0 Å². The molecule has 0 heterocycles. The molecule has 0 aliphatic heterocycles. The average Bonchev–Trinajstić information content (AvgIpc) is 2.37. The Bertz CT molecular complexity index is 285. The Morgan fingerprint density at radius 1 is 1.18 bits per heavy atom. The van der Waals surface area contributed by atoms with Crippen molar-refractivity contribution in [3.63, 3.8) is 0 Å². The molecular weight excluding hydrogens is 220 g/mol. The van der Waals surface area contributed by atoms with Gasteiger partial charge in [-0.3, -0.25) is 4.79 Å². The van der Waals surface area contributed by atoms with Gasteiger partial charge in [-0.2, -0.15) is 0 Å². The molecule has 0 saturated heterocycles. The van der Waals surface area contributed by atoms with E-state index in [2.05, 4.69) is 0 Å². The van der Waals surface area contributed by atoms with Gasteiger partial charge in [-0.05, 0) is 37.5 Å². The molecule has 0 aromatic heterocycles. The largest absolute Gasteiger partial charge is 0.481 e. The SMILES string of the molecule is COC1(OC)CCC2CCC(C(=O)O)CC2C1. The third kappa shape index (κ3) is 2.47. The van der Waals surface area contributed by atoms with E-state index in [1.54, 1.807) is 14.2 Å². The number of ether oxygens (including phenoxy) is 2. The quantitative estimate of drug-likeness (QED) is 0.771. The first-order chi connectivity index (χ1) is 8.10. The molecule has 0 bridgehead atoms. The molecule has 0 amide bonds. The summed E-state index contributed by atoms with van der Waals surface area (Å²) in [5, 5.41) is 9.11. The number of methoxy groups -OCH3 is 2. The van der Waals surface area contributed by atoms with Gasteiger partial charge in [0.05, 0.1) is 5.92 Å². The van der Waals surface area contributed by atoms with Crippen LogP contribution in [-0.4, -0.2) is 31.1 Å². The van der Waals surface area contributed by atoms with Crippen LogP contribution in [0.2, 0.25) is 0 Å². The summed E-state index contributed by atoms with van der Waals surface area (Å²) in [5.74, 6) is -0.167. The predicted molar refractivity (Wildman–Crippen MR) is 62.6 cm³/mol. The number of fused-ring (bicyclic) bond motifs is 1. The highest BCUT2D eigenvalue weighted by Crippen LogP contribution is 2.47. The minimum absolute atomic E-state index is 0.166. The second-order valence-corrected chi connectivity index (χ2v) is 5.43. The van der Waals surface area contributed by atoms with Crippen LogP contribution in [-0.2, 0) is 14.3 Å². The summed E-state index contributed by atoms with van der Waals surface area (Å²) in [6.45, 7) is 0. The minimum atomic E-state index is -0.644. The molecule has 3 unspecified atom stereocenters. The van der Waals surface area contributed by atoms with Gasteiger partial charge in [-0.25, -0.2) is 0 Å². The topological polar surface area (TPSA) is 55.8 Å². The summed E-state index contributed by atoms with van der Waals surface area (Å²) < 4.78 is 11.0. The van der Waals surface area contributed by atoms with Crippen LogP contribution in [0.15, 0.2) is 0 Å². The lowest BCUT2D eigenvalue weighted by Gasteiger charge is -2.46. The fraction of sp³-hybridized carbons (Fsp3) is 0.923. The normalized spacial score (nSPS) is 36.2. The Morgan fingerprint density at radius 2 is 1.88 bits per heavy atom. The van der Waals surface area contributed by atoms with Gasteiger partial charge in [0, 0.05) is 27.1 Å². The number of rotatable bonds is 3. The Morgan fingerprint density at radius 3 is 2.47 bits per heavy atom. The van der Waals surface area contributed by atoms with Crippen molar-refractivity contribution >= 4 is 5.97 Å².